The molecule has 26 heavy (non-hydrogen) atoms. The minimum atomic E-state index is -0.172. The van der Waals surface area contributed by atoms with Crippen LogP contribution in [0.2, 0.25) is 0 Å². The molecule has 1 aromatic carbocycles. The number of fused-ring (bicyclic) bond motifs is 1. The number of carbonyl (C=O) groups excluding carboxylic acids is 1. The van der Waals surface area contributed by atoms with Gasteiger partial charge in [-0.15, -0.1) is 0 Å². The lowest BCUT2D eigenvalue weighted by Gasteiger charge is -2.05. The van der Waals surface area contributed by atoms with Crippen molar-refractivity contribution in [3.05, 3.63) is 60.7 Å². The number of pyridine rings is 1. The van der Waals surface area contributed by atoms with E-state index in [4.69, 9.17) is 0 Å². The molecule has 0 saturated carbocycles. The van der Waals surface area contributed by atoms with Gasteiger partial charge in [-0.1, -0.05) is 30.3 Å². The monoisotopic (exact) mass is 346 g/mol. The maximum atomic E-state index is 12.4. The van der Waals surface area contributed by atoms with Crippen LogP contribution in [0.4, 0.5) is 5.69 Å². The molecule has 130 valence electrons. The maximum Gasteiger partial charge on any atom is 0.246 e. The van der Waals surface area contributed by atoms with Crippen molar-refractivity contribution in [2.45, 2.75) is 13.5 Å². The van der Waals surface area contributed by atoms with Crippen LogP contribution < -0.4 is 5.32 Å². The van der Waals surface area contributed by atoms with Gasteiger partial charge in [-0.2, -0.15) is 10.2 Å². The van der Waals surface area contributed by atoms with Crippen LogP contribution in [-0.4, -0.2) is 30.5 Å². The minimum absolute atomic E-state index is 0.0878. The summed E-state index contributed by atoms with van der Waals surface area (Å²) in [6.07, 6.45) is 5.10. The van der Waals surface area contributed by atoms with Crippen molar-refractivity contribution >= 4 is 22.6 Å². The van der Waals surface area contributed by atoms with Gasteiger partial charge >= 0.3 is 0 Å². The number of hydrogen-bond donors (Lipinski definition) is 1. The van der Waals surface area contributed by atoms with Gasteiger partial charge in [0.15, 0.2) is 5.65 Å². The second-order valence-corrected chi connectivity index (χ2v) is 6.12. The van der Waals surface area contributed by atoms with Crippen LogP contribution >= 0.6 is 0 Å². The Hall–Kier alpha value is -3.48. The third-order valence-electron chi connectivity index (χ3n) is 4.17. The number of aromatic nitrogens is 5. The van der Waals surface area contributed by atoms with E-state index in [9.17, 15) is 4.79 Å². The van der Waals surface area contributed by atoms with Gasteiger partial charge in [0.05, 0.1) is 17.6 Å². The molecule has 1 amide bonds. The van der Waals surface area contributed by atoms with E-state index < -0.39 is 0 Å². The lowest BCUT2D eigenvalue weighted by Crippen LogP contribution is -2.19. The number of hydrogen-bond acceptors (Lipinski definition) is 4. The average molecular weight is 346 g/mol. The molecule has 0 unspecified atom stereocenters. The fourth-order valence-corrected chi connectivity index (χ4v) is 3.07. The molecule has 0 fully saturated rings. The molecule has 4 rings (SSSR count). The summed E-state index contributed by atoms with van der Waals surface area (Å²) in [6, 6.07) is 12.1. The predicted molar refractivity (Wildman–Crippen MR) is 99.5 cm³/mol. The zero-order chi connectivity index (χ0) is 18.1. The van der Waals surface area contributed by atoms with Gasteiger partial charge in [-0.05, 0) is 24.1 Å². The summed E-state index contributed by atoms with van der Waals surface area (Å²) in [4.78, 5) is 16.8. The Morgan fingerprint density at radius 2 is 2.00 bits per heavy atom. The van der Waals surface area contributed by atoms with Crippen molar-refractivity contribution < 1.29 is 4.79 Å². The summed E-state index contributed by atoms with van der Waals surface area (Å²) in [5, 5.41) is 12.4. The summed E-state index contributed by atoms with van der Waals surface area (Å²) >= 11 is 0. The van der Waals surface area contributed by atoms with Crippen molar-refractivity contribution in [1.29, 1.82) is 0 Å². The Bertz CT molecular complexity index is 1080. The van der Waals surface area contributed by atoms with E-state index in [1.54, 1.807) is 35.0 Å². The summed E-state index contributed by atoms with van der Waals surface area (Å²) in [6.45, 7) is 2.02. The third kappa shape index (κ3) is 2.95. The highest BCUT2D eigenvalue weighted by atomic mass is 16.2. The first kappa shape index (κ1) is 16.0. The zero-order valence-corrected chi connectivity index (χ0v) is 14.5. The summed E-state index contributed by atoms with van der Waals surface area (Å²) in [5.41, 5.74) is 4.37. The second kappa shape index (κ2) is 6.44. The first-order valence-corrected chi connectivity index (χ1v) is 8.28. The van der Waals surface area contributed by atoms with Gasteiger partial charge in [-0.25, -0.2) is 9.67 Å². The Balaban J connectivity index is 1.68. The number of carbonyl (C=O) groups is 1. The third-order valence-corrected chi connectivity index (χ3v) is 4.17. The number of benzene rings is 1. The average Bonchev–Trinajstić information content (AvgIpc) is 3.19. The molecule has 3 heterocycles. The lowest BCUT2D eigenvalue weighted by atomic mass is 10.0. The van der Waals surface area contributed by atoms with Crippen LogP contribution in [0, 0.1) is 6.92 Å². The normalized spacial score (nSPS) is 11.0. The highest BCUT2D eigenvalue weighted by Gasteiger charge is 2.16. The number of aryl methyl sites for hydroxylation is 2. The first-order valence-electron chi connectivity index (χ1n) is 8.28. The predicted octanol–water partition coefficient (Wildman–Crippen LogP) is 2.78. The van der Waals surface area contributed by atoms with Gasteiger partial charge in [0.25, 0.3) is 0 Å². The van der Waals surface area contributed by atoms with E-state index >= 15 is 0 Å². The SMILES string of the molecule is Cc1nn(CC(=O)Nc2cnn(C)c2)c2nccc(-c3ccccc3)c12. The van der Waals surface area contributed by atoms with Gasteiger partial charge in [0, 0.05) is 24.8 Å². The smallest absolute Gasteiger partial charge is 0.246 e. The molecule has 7 nitrogen and oxygen atoms in total. The molecule has 1 N–H and O–H groups in total. The molecule has 0 radical (unpaired) electrons. The molecule has 0 aliphatic heterocycles. The van der Waals surface area contributed by atoms with Crippen molar-refractivity contribution in [1.82, 2.24) is 24.5 Å². The quantitative estimate of drug-likeness (QED) is 0.616. The van der Waals surface area contributed by atoms with Gasteiger partial charge in [0.1, 0.15) is 6.54 Å². The van der Waals surface area contributed by atoms with E-state index in [1.807, 2.05) is 31.2 Å². The number of nitrogens with one attached hydrogen (secondary N) is 1. The molecule has 0 atom stereocenters. The molecular weight excluding hydrogens is 328 g/mol. The summed E-state index contributed by atoms with van der Waals surface area (Å²) < 4.78 is 3.28. The van der Waals surface area contributed by atoms with Crippen LogP contribution in [0.1, 0.15) is 5.69 Å². The molecule has 0 aliphatic rings. The van der Waals surface area contributed by atoms with Crippen LogP contribution in [0.15, 0.2) is 55.0 Å². The summed E-state index contributed by atoms with van der Waals surface area (Å²) in [5.74, 6) is -0.172. The maximum absolute atomic E-state index is 12.4. The van der Waals surface area contributed by atoms with Crippen molar-refractivity contribution in [2.24, 2.45) is 7.05 Å². The molecule has 0 aliphatic carbocycles. The Morgan fingerprint density at radius 1 is 1.19 bits per heavy atom. The van der Waals surface area contributed by atoms with E-state index in [1.165, 1.54) is 0 Å². The highest BCUT2D eigenvalue weighted by molar-refractivity contribution is 5.96. The fourth-order valence-electron chi connectivity index (χ4n) is 3.07. The topological polar surface area (TPSA) is 77.6 Å². The molecule has 0 bridgehead atoms. The Morgan fingerprint density at radius 3 is 2.73 bits per heavy atom. The van der Waals surface area contributed by atoms with E-state index in [-0.39, 0.29) is 12.5 Å². The number of nitrogens with zero attached hydrogens (tertiary/aromatic N) is 5. The fraction of sp³-hybridized carbons (Fsp3) is 0.158. The molecular formula is C19H18N6O. The Labute approximate surface area is 150 Å². The molecule has 0 saturated heterocycles. The highest BCUT2D eigenvalue weighted by Crippen LogP contribution is 2.29. The van der Waals surface area contributed by atoms with E-state index in [2.05, 4.69) is 32.6 Å². The van der Waals surface area contributed by atoms with Crippen LogP contribution in [0.5, 0.6) is 0 Å². The molecule has 0 spiro atoms. The van der Waals surface area contributed by atoms with Gasteiger partial charge in [-0.3, -0.25) is 9.48 Å². The summed E-state index contributed by atoms with van der Waals surface area (Å²) in [7, 11) is 1.80. The van der Waals surface area contributed by atoms with Crippen LogP contribution in [0.25, 0.3) is 22.2 Å². The van der Waals surface area contributed by atoms with Gasteiger partial charge < -0.3 is 5.32 Å². The van der Waals surface area contributed by atoms with Gasteiger partial charge in [0.2, 0.25) is 5.91 Å². The molecule has 3 aromatic heterocycles. The van der Waals surface area contributed by atoms with Crippen LogP contribution in [0.3, 0.4) is 0 Å². The van der Waals surface area contributed by atoms with Crippen LogP contribution in [-0.2, 0) is 18.4 Å². The number of amides is 1. The zero-order valence-electron chi connectivity index (χ0n) is 14.5. The molecule has 4 aromatic rings. The van der Waals surface area contributed by atoms with E-state index in [0.717, 1.165) is 22.2 Å². The van der Waals surface area contributed by atoms with E-state index in [0.29, 0.717) is 11.3 Å². The first-order chi connectivity index (χ1) is 12.6. The Kier molecular flexibility index (Phi) is 3.96. The molecule has 7 heteroatoms. The second-order valence-electron chi connectivity index (χ2n) is 6.12. The number of rotatable bonds is 4. The van der Waals surface area contributed by atoms with Crippen molar-refractivity contribution in [3.63, 3.8) is 0 Å². The van der Waals surface area contributed by atoms with Crippen molar-refractivity contribution in [3.8, 4) is 11.1 Å². The number of anilines is 1. The minimum Gasteiger partial charge on any atom is -0.322 e. The lowest BCUT2D eigenvalue weighted by molar-refractivity contribution is -0.116. The largest absolute Gasteiger partial charge is 0.322 e. The van der Waals surface area contributed by atoms with Crippen molar-refractivity contribution in [2.75, 3.05) is 5.32 Å². The standard InChI is InChI=1S/C19H18N6O/c1-13-18-16(14-6-4-3-5-7-14)8-9-20-19(18)25(23-13)12-17(26)22-15-10-21-24(2)11-15/h3-11H,12H2,1-2H3,(H,22,26).